The first-order chi connectivity index (χ1) is 6.83. The summed E-state index contributed by atoms with van der Waals surface area (Å²) < 4.78 is 2.74. The summed E-state index contributed by atoms with van der Waals surface area (Å²) in [5.41, 5.74) is 1.14. The molecule has 14 heavy (non-hydrogen) atoms. The van der Waals surface area contributed by atoms with Gasteiger partial charge in [0.25, 0.3) is 0 Å². The molecule has 0 aliphatic heterocycles. The molecule has 0 saturated carbocycles. The summed E-state index contributed by atoms with van der Waals surface area (Å²) in [4.78, 5) is 0. The molecule has 0 atom stereocenters. The van der Waals surface area contributed by atoms with E-state index < -0.39 is 0 Å². The maximum Gasteiger partial charge on any atom is 0.195 e. The summed E-state index contributed by atoms with van der Waals surface area (Å²) in [7, 11) is 0. The van der Waals surface area contributed by atoms with E-state index in [2.05, 4.69) is 28.6 Å². The third-order valence-corrected chi connectivity index (χ3v) is 2.98. The van der Waals surface area contributed by atoms with Gasteiger partial charge in [-0.05, 0) is 30.1 Å². The van der Waals surface area contributed by atoms with Gasteiger partial charge in [-0.2, -0.15) is 16.4 Å². The second kappa shape index (κ2) is 4.06. The number of rotatable bonds is 3. The van der Waals surface area contributed by atoms with Crippen LogP contribution in [0.4, 0.5) is 0 Å². The van der Waals surface area contributed by atoms with Crippen molar-refractivity contribution in [1.29, 1.82) is 0 Å². The largest absolute Gasteiger partial charge is 0.300 e. The van der Waals surface area contributed by atoms with Gasteiger partial charge in [0.2, 0.25) is 0 Å². The highest BCUT2D eigenvalue weighted by atomic mass is 32.1. The molecule has 1 N–H and O–H groups in total. The molecule has 2 aromatic rings. The number of H-pyrrole nitrogens is 1. The van der Waals surface area contributed by atoms with E-state index in [4.69, 9.17) is 12.2 Å². The molecule has 2 aromatic heterocycles. The van der Waals surface area contributed by atoms with Gasteiger partial charge in [-0.15, -0.1) is 0 Å². The molecule has 0 radical (unpaired) electrons. The maximum absolute atomic E-state index is 5.16. The van der Waals surface area contributed by atoms with E-state index in [0.717, 1.165) is 24.4 Å². The molecule has 0 amide bonds. The molecule has 0 aliphatic carbocycles. The van der Waals surface area contributed by atoms with E-state index in [1.807, 2.05) is 9.95 Å². The third kappa shape index (κ3) is 1.65. The lowest BCUT2D eigenvalue weighted by Crippen LogP contribution is -1.99. The van der Waals surface area contributed by atoms with Crippen molar-refractivity contribution in [2.24, 2.45) is 0 Å². The van der Waals surface area contributed by atoms with E-state index in [1.54, 1.807) is 11.3 Å². The number of aromatic amines is 1. The first-order valence-corrected chi connectivity index (χ1v) is 5.86. The van der Waals surface area contributed by atoms with E-state index in [1.165, 1.54) is 0 Å². The molecule has 5 heteroatoms. The highest BCUT2D eigenvalue weighted by Crippen LogP contribution is 2.20. The second-order valence-electron chi connectivity index (χ2n) is 3.02. The summed E-state index contributed by atoms with van der Waals surface area (Å²) in [5.74, 6) is 0.943. The molecule has 0 bridgehead atoms. The molecular weight excluding hydrogens is 214 g/mol. The average molecular weight is 225 g/mol. The SMILES string of the molecule is CCCn1c(-c2ccsc2)n[nH]c1=S. The predicted molar refractivity (Wildman–Crippen MR) is 61.0 cm³/mol. The number of aromatic nitrogens is 3. The van der Waals surface area contributed by atoms with Crippen LogP contribution < -0.4 is 0 Å². The lowest BCUT2D eigenvalue weighted by atomic mass is 10.3. The second-order valence-corrected chi connectivity index (χ2v) is 4.18. The Morgan fingerprint density at radius 3 is 3.14 bits per heavy atom. The van der Waals surface area contributed by atoms with Gasteiger partial charge in [0.05, 0.1) is 0 Å². The molecule has 2 rings (SSSR count). The number of nitrogens with one attached hydrogen (secondary N) is 1. The Morgan fingerprint density at radius 1 is 1.64 bits per heavy atom. The van der Waals surface area contributed by atoms with Gasteiger partial charge in [0.15, 0.2) is 10.6 Å². The Hall–Kier alpha value is -0.940. The highest BCUT2D eigenvalue weighted by molar-refractivity contribution is 7.71. The minimum Gasteiger partial charge on any atom is -0.300 e. The molecule has 0 unspecified atom stereocenters. The van der Waals surface area contributed by atoms with Crippen LogP contribution in [0.2, 0.25) is 0 Å². The zero-order chi connectivity index (χ0) is 9.97. The van der Waals surface area contributed by atoms with Crippen molar-refractivity contribution in [3.63, 3.8) is 0 Å². The van der Waals surface area contributed by atoms with Crippen molar-refractivity contribution in [1.82, 2.24) is 14.8 Å². The van der Waals surface area contributed by atoms with Crippen LogP contribution >= 0.6 is 23.6 Å². The zero-order valence-corrected chi connectivity index (χ0v) is 9.49. The van der Waals surface area contributed by atoms with Crippen molar-refractivity contribution in [2.75, 3.05) is 0 Å². The molecular formula is C9H11N3S2. The zero-order valence-electron chi connectivity index (χ0n) is 7.86. The summed E-state index contributed by atoms with van der Waals surface area (Å²) in [5, 5.41) is 11.2. The van der Waals surface area contributed by atoms with Crippen molar-refractivity contribution >= 4 is 23.6 Å². The van der Waals surface area contributed by atoms with Crippen LogP contribution in [0, 0.1) is 4.77 Å². The maximum atomic E-state index is 5.16. The molecule has 0 aliphatic rings. The number of hydrogen-bond donors (Lipinski definition) is 1. The van der Waals surface area contributed by atoms with Crippen LogP contribution in [0.25, 0.3) is 11.4 Å². The molecule has 0 spiro atoms. The molecule has 0 aromatic carbocycles. The summed E-state index contributed by atoms with van der Waals surface area (Å²) in [6, 6.07) is 2.06. The fraction of sp³-hybridized carbons (Fsp3) is 0.333. The fourth-order valence-corrected chi connectivity index (χ4v) is 2.22. The summed E-state index contributed by atoms with van der Waals surface area (Å²) in [6.07, 6.45) is 1.06. The van der Waals surface area contributed by atoms with Crippen molar-refractivity contribution in [2.45, 2.75) is 19.9 Å². The number of nitrogens with zero attached hydrogens (tertiary/aromatic N) is 2. The molecule has 74 valence electrons. The van der Waals surface area contributed by atoms with Gasteiger partial charge in [-0.1, -0.05) is 6.92 Å². The van der Waals surface area contributed by atoms with E-state index in [9.17, 15) is 0 Å². The fourth-order valence-electron chi connectivity index (χ4n) is 1.36. The monoisotopic (exact) mass is 225 g/mol. The quantitative estimate of drug-likeness (QED) is 0.814. The Kier molecular flexibility index (Phi) is 2.79. The average Bonchev–Trinajstić information content (AvgIpc) is 2.77. The third-order valence-electron chi connectivity index (χ3n) is 1.98. The van der Waals surface area contributed by atoms with Crippen LogP contribution in [0.5, 0.6) is 0 Å². The van der Waals surface area contributed by atoms with Crippen molar-refractivity contribution in [3.8, 4) is 11.4 Å². The van der Waals surface area contributed by atoms with Gasteiger partial charge >= 0.3 is 0 Å². The Labute approximate surface area is 91.4 Å². The van der Waals surface area contributed by atoms with Gasteiger partial charge < -0.3 is 4.57 Å². The van der Waals surface area contributed by atoms with Gasteiger partial charge in [-0.25, -0.2) is 0 Å². The Bertz CT molecular complexity index is 453. The first kappa shape index (κ1) is 9.61. The summed E-state index contributed by atoms with van der Waals surface area (Å²) in [6.45, 7) is 3.05. The molecule has 0 fully saturated rings. The van der Waals surface area contributed by atoms with Crippen molar-refractivity contribution in [3.05, 3.63) is 21.6 Å². The van der Waals surface area contributed by atoms with Gasteiger partial charge in [0.1, 0.15) is 0 Å². The summed E-state index contributed by atoms with van der Waals surface area (Å²) >= 11 is 6.83. The Morgan fingerprint density at radius 2 is 2.50 bits per heavy atom. The highest BCUT2D eigenvalue weighted by Gasteiger charge is 2.07. The number of hydrogen-bond acceptors (Lipinski definition) is 3. The van der Waals surface area contributed by atoms with E-state index >= 15 is 0 Å². The minimum absolute atomic E-state index is 0.702. The molecule has 3 nitrogen and oxygen atoms in total. The van der Waals surface area contributed by atoms with Gasteiger partial charge in [0, 0.05) is 17.5 Å². The van der Waals surface area contributed by atoms with Crippen LogP contribution in [-0.2, 0) is 6.54 Å². The topological polar surface area (TPSA) is 33.6 Å². The minimum atomic E-state index is 0.702. The normalized spacial score (nSPS) is 10.6. The van der Waals surface area contributed by atoms with Crippen LogP contribution in [-0.4, -0.2) is 14.8 Å². The number of thiophene rings is 1. The van der Waals surface area contributed by atoms with E-state index in [-0.39, 0.29) is 0 Å². The van der Waals surface area contributed by atoms with Gasteiger partial charge in [-0.3, -0.25) is 5.10 Å². The van der Waals surface area contributed by atoms with Crippen molar-refractivity contribution < 1.29 is 0 Å². The van der Waals surface area contributed by atoms with Crippen LogP contribution in [0.3, 0.4) is 0 Å². The standard InChI is InChI=1S/C9H11N3S2/c1-2-4-12-8(10-11-9(12)13)7-3-5-14-6-7/h3,5-6H,2,4H2,1H3,(H,11,13). The first-order valence-electron chi connectivity index (χ1n) is 4.50. The van der Waals surface area contributed by atoms with E-state index in [0.29, 0.717) is 4.77 Å². The smallest absolute Gasteiger partial charge is 0.195 e. The lowest BCUT2D eigenvalue weighted by molar-refractivity contribution is 0.675. The predicted octanol–water partition coefficient (Wildman–Crippen LogP) is 3.08. The molecule has 2 heterocycles. The van der Waals surface area contributed by atoms with Crippen LogP contribution in [0.1, 0.15) is 13.3 Å². The lowest BCUT2D eigenvalue weighted by Gasteiger charge is -2.02. The molecule has 0 saturated heterocycles. The Balaban J connectivity index is 2.48. The van der Waals surface area contributed by atoms with Crippen LogP contribution in [0.15, 0.2) is 16.8 Å².